The van der Waals surface area contributed by atoms with Crippen molar-refractivity contribution in [2.45, 2.75) is 13.0 Å². The van der Waals surface area contributed by atoms with Crippen LogP contribution in [-0.2, 0) is 0 Å². The smallest absolute Gasteiger partial charge is 0.224 e. The Morgan fingerprint density at radius 1 is 1.32 bits per heavy atom. The Bertz CT molecular complexity index is 578. The largest absolute Gasteiger partial charge is 0.497 e. The second-order valence-electron chi connectivity index (χ2n) is 3.98. The van der Waals surface area contributed by atoms with E-state index in [9.17, 15) is 0 Å². The van der Waals surface area contributed by atoms with Crippen molar-refractivity contribution in [1.82, 2.24) is 9.97 Å². The molecule has 0 amide bonds. The highest BCUT2D eigenvalue weighted by atomic mass is 35.5. The molecule has 1 atom stereocenters. The van der Waals surface area contributed by atoms with Gasteiger partial charge < -0.3 is 10.1 Å². The van der Waals surface area contributed by atoms with E-state index in [4.69, 9.17) is 27.9 Å². The molecule has 0 radical (unpaired) electrons. The Kier molecular flexibility index (Phi) is 4.45. The number of hydrogen-bond acceptors (Lipinski definition) is 4. The molecule has 0 unspecified atom stereocenters. The summed E-state index contributed by atoms with van der Waals surface area (Å²) < 4.78 is 5.20. The molecule has 0 saturated heterocycles. The first-order valence-corrected chi connectivity index (χ1v) is 6.44. The second-order valence-corrected chi connectivity index (χ2v) is 4.72. The number of hydrogen-bond donors (Lipinski definition) is 1. The van der Waals surface area contributed by atoms with Crippen molar-refractivity contribution in [2.75, 3.05) is 12.4 Å². The molecule has 1 aromatic carbocycles. The standard InChI is InChI=1S/C13H13Cl2N3O/c1-8(9-4-3-5-10(6-9)19-2)17-12-11(14)7-16-13(15)18-12/h3-8H,1-2H3,(H,16,17,18)/t8-/m0/s1. The van der Waals surface area contributed by atoms with Crippen LogP contribution < -0.4 is 10.1 Å². The van der Waals surface area contributed by atoms with Crippen molar-refractivity contribution in [3.8, 4) is 5.75 Å². The van der Waals surface area contributed by atoms with Gasteiger partial charge in [0.15, 0.2) is 0 Å². The zero-order chi connectivity index (χ0) is 13.8. The van der Waals surface area contributed by atoms with Gasteiger partial charge in [0, 0.05) is 0 Å². The molecule has 0 aliphatic rings. The Balaban J connectivity index is 2.20. The zero-order valence-electron chi connectivity index (χ0n) is 10.5. The highest BCUT2D eigenvalue weighted by Gasteiger charge is 2.10. The normalized spacial score (nSPS) is 12.0. The summed E-state index contributed by atoms with van der Waals surface area (Å²) in [7, 11) is 1.64. The fourth-order valence-corrected chi connectivity index (χ4v) is 1.93. The molecule has 6 heteroatoms. The summed E-state index contributed by atoms with van der Waals surface area (Å²) in [6.45, 7) is 2.00. The highest BCUT2D eigenvalue weighted by Crippen LogP contribution is 2.26. The van der Waals surface area contributed by atoms with Crippen LogP contribution in [0.4, 0.5) is 5.82 Å². The van der Waals surface area contributed by atoms with E-state index in [-0.39, 0.29) is 11.3 Å². The fourth-order valence-electron chi connectivity index (χ4n) is 1.65. The molecule has 0 aliphatic carbocycles. The van der Waals surface area contributed by atoms with Crippen LogP contribution in [0.2, 0.25) is 10.3 Å². The van der Waals surface area contributed by atoms with Crippen LogP contribution >= 0.6 is 23.2 Å². The predicted molar refractivity (Wildman–Crippen MR) is 77.1 cm³/mol. The molecule has 0 bridgehead atoms. The van der Waals surface area contributed by atoms with E-state index in [0.29, 0.717) is 10.8 Å². The van der Waals surface area contributed by atoms with Gasteiger partial charge in [-0.3, -0.25) is 0 Å². The quantitative estimate of drug-likeness (QED) is 0.868. The number of nitrogens with one attached hydrogen (secondary N) is 1. The summed E-state index contributed by atoms with van der Waals surface area (Å²) in [5, 5.41) is 3.78. The van der Waals surface area contributed by atoms with Gasteiger partial charge in [-0.25, -0.2) is 4.98 Å². The third-order valence-electron chi connectivity index (χ3n) is 2.66. The maximum atomic E-state index is 6.02. The molecule has 1 heterocycles. The van der Waals surface area contributed by atoms with E-state index in [1.807, 2.05) is 31.2 Å². The molecule has 1 aromatic heterocycles. The molecule has 0 spiro atoms. The fraction of sp³-hybridized carbons (Fsp3) is 0.231. The average molecular weight is 298 g/mol. The van der Waals surface area contributed by atoms with Crippen molar-refractivity contribution in [1.29, 1.82) is 0 Å². The minimum absolute atomic E-state index is 0.0126. The van der Waals surface area contributed by atoms with Gasteiger partial charge in [-0.05, 0) is 36.2 Å². The maximum Gasteiger partial charge on any atom is 0.224 e. The number of rotatable bonds is 4. The summed E-state index contributed by atoms with van der Waals surface area (Å²) in [4.78, 5) is 7.87. The zero-order valence-corrected chi connectivity index (χ0v) is 12.0. The summed E-state index contributed by atoms with van der Waals surface area (Å²) in [5.74, 6) is 1.31. The van der Waals surface area contributed by atoms with E-state index >= 15 is 0 Å². The minimum atomic E-state index is 0.0126. The lowest BCUT2D eigenvalue weighted by atomic mass is 10.1. The third kappa shape index (κ3) is 3.49. The van der Waals surface area contributed by atoms with Gasteiger partial charge in [-0.1, -0.05) is 23.7 Å². The second kappa shape index (κ2) is 6.08. The molecule has 0 fully saturated rings. The predicted octanol–water partition coefficient (Wildman–Crippen LogP) is 3.97. The van der Waals surface area contributed by atoms with Crippen molar-refractivity contribution in [3.63, 3.8) is 0 Å². The lowest BCUT2D eigenvalue weighted by molar-refractivity contribution is 0.414. The topological polar surface area (TPSA) is 47.0 Å². The highest BCUT2D eigenvalue weighted by molar-refractivity contribution is 6.33. The van der Waals surface area contributed by atoms with Gasteiger partial charge in [0.2, 0.25) is 5.28 Å². The minimum Gasteiger partial charge on any atom is -0.497 e. The van der Waals surface area contributed by atoms with Crippen molar-refractivity contribution in [2.24, 2.45) is 0 Å². The van der Waals surface area contributed by atoms with Gasteiger partial charge >= 0.3 is 0 Å². The van der Waals surface area contributed by atoms with Gasteiger partial charge in [0.05, 0.1) is 19.3 Å². The molecule has 100 valence electrons. The first-order chi connectivity index (χ1) is 9.10. The molecular formula is C13H13Cl2N3O. The van der Waals surface area contributed by atoms with Crippen molar-refractivity contribution in [3.05, 3.63) is 46.3 Å². The molecule has 2 aromatic rings. The first kappa shape index (κ1) is 13.9. The van der Waals surface area contributed by atoms with Crippen molar-refractivity contribution < 1.29 is 4.74 Å². The Labute approximate surface area is 121 Å². The number of aromatic nitrogens is 2. The SMILES string of the molecule is COc1cccc([C@H](C)Nc2nc(Cl)ncc2Cl)c1. The molecule has 0 saturated carbocycles. The van der Waals surface area contributed by atoms with E-state index in [1.165, 1.54) is 6.20 Å². The summed E-state index contributed by atoms with van der Waals surface area (Å²) in [5.41, 5.74) is 1.06. The molecular weight excluding hydrogens is 285 g/mol. The van der Waals surface area contributed by atoms with Gasteiger partial charge in [0.25, 0.3) is 0 Å². The van der Waals surface area contributed by atoms with Crippen LogP contribution in [0.1, 0.15) is 18.5 Å². The first-order valence-electron chi connectivity index (χ1n) is 5.68. The monoisotopic (exact) mass is 297 g/mol. The van der Waals surface area contributed by atoms with Crippen LogP contribution in [-0.4, -0.2) is 17.1 Å². The Hall–Kier alpha value is -1.52. The average Bonchev–Trinajstić information content (AvgIpc) is 2.43. The number of halogens is 2. The van der Waals surface area contributed by atoms with E-state index < -0.39 is 0 Å². The van der Waals surface area contributed by atoms with Crippen LogP contribution in [0, 0.1) is 0 Å². The van der Waals surface area contributed by atoms with E-state index in [2.05, 4.69) is 15.3 Å². The third-order valence-corrected chi connectivity index (χ3v) is 3.12. The van der Waals surface area contributed by atoms with Crippen LogP contribution in [0.5, 0.6) is 5.75 Å². The number of ether oxygens (including phenoxy) is 1. The van der Waals surface area contributed by atoms with Crippen molar-refractivity contribution >= 4 is 29.0 Å². The van der Waals surface area contributed by atoms with Gasteiger partial charge in [-0.2, -0.15) is 4.98 Å². The lowest BCUT2D eigenvalue weighted by Gasteiger charge is -2.16. The molecule has 4 nitrogen and oxygen atoms in total. The van der Waals surface area contributed by atoms with E-state index in [0.717, 1.165) is 11.3 Å². The Morgan fingerprint density at radius 2 is 2.11 bits per heavy atom. The van der Waals surface area contributed by atoms with Crippen LogP contribution in [0.25, 0.3) is 0 Å². The lowest BCUT2D eigenvalue weighted by Crippen LogP contribution is -2.09. The summed E-state index contributed by atoms with van der Waals surface area (Å²) >= 11 is 11.8. The number of nitrogens with zero attached hydrogens (tertiary/aromatic N) is 2. The van der Waals surface area contributed by atoms with E-state index in [1.54, 1.807) is 7.11 Å². The van der Waals surface area contributed by atoms with Gasteiger partial charge in [-0.15, -0.1) is 0 Å². The summed E-state index contributed by atoms with van der Waals surface area (Å²) in [6, 6.07) is 7.79. The summed E-state index contributed by atoms with van der Waals surface area (Å²) in [6.07, 6.45) is 1.47. The van der Waals surface area contributed by atoms with Crippen LogP contribution in [0.3, 0.4) is 0 Å². The number of methoxy groups -OCH3 is 1. The molecule has 19 heavy (non-hydrogen) atoms. The molecule has 0 aliphatic heterocycles. The maximum absolute atomic E-state index is 6.02. The Morgan fingerprint density at radius 3 is 2.84 bits per heavy atom. The molecule has 2 rings (SSSR count). The van der Waals surface area contributed by atoms with Crippen LogP contribution in [0.15, 0.2) is 30.5 Å². The number of benzene rings is 1. The van der Waals surface area contributed by atoms with Gasteiger partial charge in [0.1, 0.15) is 16.6 Å². The number of anilines is 1. The molecule has 1 N–H and O–H groups in total.